The van der Waals surface area contributed by atoms with Crippen LogP contribution in [0.1, 0.15) is 24.0 Å². The Morgan fingerprint density at radius 2 is 2.05 bits per heavy atom. The first-order chi connectivity index (χ1) is 10.2. The fourth-order valence-electron chi connectivity index (χ4n) is 2.85. The maximum Gasteiger partial charge on any atom is 0.240 e. The van der Waals surface area contributed by atoms with E-state index in [0.717, 1.165) is 25.2 Å². The predicted octanol–water partition coefficient (Wildman–Crippen LogP) is 1.21. The number of hydrogen-bond donors (Lipinski definition) is 2. The summed E-state index contributed by atoms with van der Waals surface area (Å²) in [4.78, 5) is 12.2. The van der Waals surface area contributed by atoms with Gasteiger partial charge in [-0.15, -0.1) is 12.4 Å². The van der Waals surface area contributed by atoms with E-state index in [-0.39, 0.29) is 18.3 Å². The molecule has 1 aromatic carbocycles. The highest BCUT2D eigenvalue weighted by Crippen LogP contribution is 2.26. The maximum absolute atomic E-state index is 12.2. The van der Waals surface area contributed by atoms with E-state index in [4.69, 9.17) is 15.2 Å². The Bertz CT molecular complexity index is 530. The van der Waals surface area contributed by atoms with Crippen LogP contribution in [0, 0.1) is 0 Å². The number of fused-ring (bicyclic) bond motifs is 1. The first-order valence-electron chi connectivity index (χ1n) is 7.57. The molecule has 0 spiro atoms. The van der Waals surface area contributed by atoms with Gasteiger partial charge in [0.25, 0.3) is 0 Å². The molecule has 0 atom stereocenters. The monoisotopic (exact) mass is 326 g/mol. The molecule has 3 N–H and O–H groups in total. The molecule has 0 unspecified atom stereocenters. The third kappa shape index (κ3) is 3.72. The van der Waals surface area contributed by atoms with Crippen molar-refractivity contribution >= 4 is 18.3 Å². The van der Waals surface area contributed by atoms with Crippen LogP contribution in [0.15, 0.2) is 18.2 Å². The normalized spacial score (nSPS) is 18.8. The third-order valence-electron chi connectivity index (χ3n) is 4.29. The molecule has 22 heavy (non-hydrogen) atoms. The quantitative estimate of drug-likeness (QED) is 0.872. The minimum Gasteiger partial charge on any atom is -0.493 e. The van der Waals surface area contributed by atoms with E-state index in [9.17, 15) is 4.79 Å². The molecule has 1 saturated heterocycles. The molecule has 0 bridgehead atoms. The smallest absolute Gasteiger partial charge is 0.240 e. The molecular formula is C16H23ClN2O3. The van der Waals surface area contributed by atoms with Gasteiger partial charge in [0.15, 0.2) is 0 Å². The molecule has 2 heterocycles. The van der Waals surface area contributed by atoms with E-state index in [2.05, 4.69) is 17.4 Å². The zero-order chi connectivity index (χ0) is 14.7. The number of rotatable bonds is 4. The fourth-order valence-corrected chi connectivity index (χ4v) is 2.85. The van der Waals surface area contributed by atoms with Crippen molar-refractivity contribution in [3.05, 3.63) is 29.3 Å². The summed E-state index contributed by atoms with van der Waals surface area (Å²) in [6, 6.07) is 6.24. The Labute approximate surface area is 137 Å². The van der Waals surface area contributed by atoms with Crippen molar-refractivity contribution < 1.29 is 14.3 Å². The van der Waals surface area contributed by atoms with Crippen LogP contribution in [0.3, 0.4) is 0 Å². The number of amides is 1. The molecule has 0 aliphatic carbocycles. The highest BCUT2D eigenvalue weighted by Gasteiger charge is 2.35. The molecule has 6 heteroatoms. The molecule has 1 amide bonds. The summed E-state index contributed by atoms with van der Waals surface area (Å²) in [5.74, 6) is 0.932. The summed E-state index contributed by atoms with van der Waals surface area (Å²) in [5, 5.41) is 2.96. The van der Waals surface area contributed by atoms with Gasteiger partial charge in [0, 0.05) is 26.2 Å². The van der Waals surface area contributed by atoms with E-state index >= 15 is 0 Å². The zero-order valence-electron chi connectivity index (χ0n) is 12.6. The van der Waals surface area contributed by atoms with E-state index in [0.29, 0.717) is 32.6 Å². The second-order valence-electron chi connectivity index (χ2n) is 5.81. The van der Waals surface area contributed by atoms with Crippen molar-refractivity contribution in [3.8, 4) is 5.75 Å². The molecule has 0 radical (unpaired) electrons. The van der Waals surface area contributed by atoms with E-state index in [1.54, 1.807) is 0 Å². The maximum atomic E-state index is 12.2. The summed E-state index contributed by atoms with van der Waals surface area (Å²) in [6.07, 6.45) is 2.97. The van der Waals surface area contributed by atoms with E-state index < -0.39 is 5.54 Å². The highest BCUT2D eigenvalue weighted by molar-refractivity contribution is 5.86. The number of ether oxygens (including phenoxy) is 2. The number of benzene rings is 1. The van der Waals surface area contributed by atoms with Gasteiger partial charge in [-0.05, 0) is 36.5 Å². The number of hydrogen-bond acceptors (Lipinski definition) is 4. The van der Waals surface area contributed by atoms with Crippen molar-refractivity contribution in [2.45, 2.75) is 31.2 Å². The summed E-state index contributed by atoms with van der Waals surface area (Å²) >= 11 is 0. The summed E-state index contributed by atoms with van der Waals surface area (Å²) in [5.41, 5.74) is 7.87. The van der Waals surface area contributed by atoms with Gasteiger partial charge in [-0.1, -0.05) is 12.1 Å². The summed E-state index contributed by atoms with van der Waals surface area (Å²) in [7, 11) is 0. The Kier molecular flexibility index (Phi) is 5.67. The zero-order valence-corrected chi connectivity index (χ0v) is 13.4. The molecule has 5 nitrogen and oxygen atoms in total. The second-order valence-corrected chi connectivity index (χ2v) is 5.81. The van der Waals surface area contributed by atoms with Crippen LogP contribution in [0.2, 0.25) is 0 Å². The molecule has 2 aliphatic rings. The van der Waals surface area contributed by atoms with Gasteiger partial charge in [0.2, 0.25) is 5.91 Å². The van der Waals surface area contributed by atoms with Crippen LogP contribution in [0.25, 0.3) is 0 Å². The minimum absolute atomic E-state index is 0. The summed E-state index contributed by atoms with van der Waals surface area (Å²) in [6.45, 7) is 2.51. The van der Waals surface area contributed by atoms with Crippen LogP contribution in [0.5, 0.6) is 5.75 Å². The van der Waals surface area contributed by atoms with Crippen LogP contribution in [-0.2, 0) is 22.4 Å². The van der Waals surface area contributed by atoms with Crippen molar-refractivity contribution in [2.24, 2.45) is 5.73 Å². The van der Waals surface area contributed by atoms with Crippen LogP contribution < -0.4 is 15.8 Å². The molecule has 2 aliphatic heterocycles. The van der Waals surface area contributed by atoms with Gasteiger partial charge >= 0.3 is 0 Å². The SMILES string of the molecule is Cl.NC1(C(=O)NCCc2ccc3c(c2)CCO3)CCOCC1. The van der Waals surface area contributed by atoms with Gasteiger partial charge in [-0.3, -0.25) is 4.79 Å². The molecule has 0 saturated carbocycles. The largest absolute Gasteiger partial charge is 0.493 e. The number of nitrogens with one attached hydrogen (secondary N) is 1. The van der Waals surface area contributed by atoms with Crippen LogP contribution in [0.4, 0.5) is 0 Å². The fraction of sp³-hybridized carbons (Fsp3) is 0.562. The number of carbonyl (C=O) groups is 1. The molecular weight excluding hydrogens is 304 g/mol. The Morgan fingerprint density at radius 1 is 1.27 bits per heavy atom. The minimum atomic E-state index is -0.760. The lowest BCUT2D eigenvalue weighted by Crippen LogP contribution is -2.57. The van der Waals surface area contributed by atoms with Gasteiger partial charge < -0.3 is 20.5 Å². The van der Waals surface area contributed by atoms with Gasteiger partial charge in [-0.2, -0.15) is 0 Å². The summed E-state index contributed by atoms with van der Waals surface area (Å²) < 4.78 is 10.8. The van der Waals surface area contributed by atoms with Gasteiger partial charge in [0.1, 0.15) is 5.75 Å². The molecule has 122 valence electrons. The van der Waals surface area contributed by atoms with Crippen molar-refractivity contribution in [1.82, 2.24) is 5.32 Å². The molecule has 0 aromatic heterocycles. The Balaban J connectivity index is 0.00000176. The van der Waals surface area contributed by atoms with Crippen molar-refractivity contribution in [1.29, 1.82) is 0 Å². The number of carbonyl (C=O) groups excluding carboxylic acids is 1. The average Bonchev–Trinajstić information content (AvgIpc) is 2.95. The standard InChI is InChI=1S/C16H22N2O3.ClH/c17-16(5-9-20-10-6-16)15(19)18-7-3-12-1-2-14-13(11-12)4-8-21-14;/h1-2,11H,3-10,17H2,(H,18,19);1H. The Morgan fingerprint density at radius 3 is 2.82 bits per heavy atom. The lowest BCUT2D eigenvalue weighted by Gasteiger charge is -2.31. The van der Waals surface area contributed by atoms with Crippen LogP contribution in [-0.4, -0.2) is 37.8 Å². The topological polar surface area (TPSA) is 73.6 Å². The van der Waals surface area contributed by atoms with Crippen molar-refractivity contribution in [2.75, 3.05) is 26.4 Å². The molecule has 1 fully saturated rings. The Hall–Kier alpha value is -1.30. The van der Waals surface area contributed by atoms with Crippen molar-refractivity contribution in [3.63, 3.8) is 0 Å². The van der Waals surface area contributed by atoms with E-state index in [1.165, 1.54) is 11.1 Å². The highest BCUT2D eigenvalue weighted by atomic mass is 35.5. The average molecular weight is 327 g/mol. The van der Waals surface area contributed by atoms with Crippen LogP contribution >= 0.6 is 12.4 Å². The lowest BCUT2D eigenvalue weighted by atomic mass is 9.90. The predicted molar refractivity (Wildman–Crippen MR) is 86.6 cm³/mol. The second kappa shape index (κ2) is 7.31. The third-order valence-corrected chi connectivity index (χ3v) is 4.29. The first-order valence-corrected chi connectivity index (χ1v) is 7.57. The lowest BCUT2D eigenvalue weighted by molar-refractivity contribution is -0.129. The first kappa shape index (κ1) is 17.1. The van der Waals surface area contributed by atoms with Gasteiger partial charge in [-0.25, -0.2) is 0 Å². The number of nitrogens with two attached hydrogens (primary N) is 1. The van der Waals surface area contributed by atoms with E-state index in [1.807, 2.05) is 6.07 Å². The van der Waals surface area contributed by atoms with Gasteiger partial charge in [0.05, 0.1) is 12.1 Å². The number of halogens is 1. The molecule has 1 aromatic rings. The molecule has 3 rings (SSSR count).